The summed E-state index contributed by atoms with van der Waals surface area (Å²) in [5.41, 5.74) is 0.322. The molecule has 4 bridgehead atoms. The number of carbonyl (C=O) groups excluding carboxylic acids is 4. The highest BCUT2D eigenvalue weighted by Gasteiger charge is 2.69. The number of carbonyl (C=O) groups is 4. The Labute approximate surface area is 287 Å². The van der Waals surface area contributed by atoms with E-state index in [0.29, 0.717) is 18.5 Å². The molecule has 2 saturated heterocycles. The first kappa shape index (κ1) is 35.5. The van der Waals surface area contributed by atoms with Crippen molar-refractivity contribution < 1.29 is 52.7 Å². The number of esters is 4. The summed E-state index contributed by atoms with van der Waals surface area (Å²) in [6.45, 7) is 9.71. The maximum absolute atomic E-state index is 13.6. The SMILES string of the molecule is CO[C@H]1C[C@H]2C=CC3C4C(O)[C@@H](C)[C@@H](OC(=O)C5=CC=CC5)[C@@H]3O[C@]42/C(C)=C/[C@@H](C)[C@@H]([C@@H](C)OC(=O)C(=O)OCCN2CCCC2)OC1=O. The smallest absolute Gasteiger partial charge is 0.417 e. The van der Waals surface area contributed by atoms with E-state index in [1.54, 1.807) is 13.0 Å². The van der Waals surface area contributed by atoms with Gasteiger partial charge >= 0.3 is 23.9 Å². The molecule has 0 amide bonds. The Morgan fingerprint density at radius 3 is 2.59 bits per heavy atom. The molecule has 268 valence electrons. The first-order valence-corrected chi connectivity index (χ1v) is 17.6. The molecule has 3 aliphatic carbocycles. The van der Waals surface area contributed by atoms with Crippen LogP contribution in [0.25, 0.3) is 0 Å². The number of methoxy groups -OCH3 is 1. The Balaban J connectivity index is 1.24. The summed E-state index contributed by atoms with van der Waals surface area (Å²) in [5, 5.41) is 11.9. The van der Waals surface area contributed by atoms with Gasteiger partial charge in [-0.25, -0.2) is 19.2 Å². The van der Waals surface area contributed by atoms with E-state index in [2.05, 4.69) is 4.90 Å². The summed E-state index contributed by atoms with van der Waals surface area (Å²) in [6.07, 6.45) is 9.22. The molecule has 3 heterocycles. The standard InChI is InChI=1S/C37H49NO11/c1-20-18-21(2)37-25(12-13-26-28(37)29(39)22(3)31(32(26)49-37)48-33(40)24-10-6-7-11-24)19-27(44-5)34(41)47-30(20)23(4)46-36(43)35(42)45-17-16-38-14-8-9-15-38/h6-7,10,12-13,18,20,22-23,25-32,39H,8-9,11,14-17,19H2,1-5H3/b21-18+/t20-,22-,23-,25-,26?,27+,28?,29?,30+,31-,32-,37+/m1/s1. The van der Waals surface area contributed by atoms with E-state index in [1.807, 2.05) is 51.2 Å². The number of likely N-dealkylation sites (tertiary alicyclic amines) is 1. The van der Waals surface area contributed by atoms with Gasteiger partial charge in [0.15, 0.2) is 6.10 Å². The largest absolute Gasteiger partial charge is 0.456 e. The first-order chi connectivity index (χ1) is 23.5. The minimum Gasteiger partial charge on any atom is -0.456 e. The van der Waals surface area contributed by atoms with Gasteiger partial charge in [-0.3, -0.25) is 4.90 Å². The van der Waals surface area contributed by atoms with Crippen molar-refractivity contribution in [1.29, 1.82) is 0 Å². The summed E-state index contributed by atoms with van der Waals surface area (Å²) in [6, 6.07) is 0. The second kappa shape index (κ2) is 14.5. The van der Waals surface area contributed by atoms with Crippen molar-refractivity contribution in [3.8, 4) is 0 Å². The lowest BCUT2D eigenvalue weighted by atomic mass is 9.57. The number of hydrogen-bond donors (Lipinski definition) is 1. The van der Waals surface area contributed by atoms with E-state index in [0.717, 1.165) is 31.5 Å². The van der Waals surface area contributed by atoms with Crippen molar-refractivity contribution in [2.45, 2.75) is 95.6 Å². The molecule has 12 heteroatoms. The predicted octanol–water partition coefficient (Wildman–Crippen LogP) is 2.83. The zero-order valence-electron chi connectivity index (χ0n) is 28.9. The van der Waals surface area contributed by atoms with Crippen LogP contribution in [0, 0.1) is 29.6 Å². The third-order valence-electron chi connectivity index (χ3n) is 11.4. The van der Waals surface area contributed by atoms with Crippen LogP contribution in [0.1, 0.15) is 53.4 Å². The van der Waals surface area contributed by atoms with E-state index in [9.17, 15) is 24.3 Å². The molecule has 0 radical (unpaired) electrons. The van der Waals surface area contributed by atoms with Crippen LogP contribution in [0.15, 0.2) is 47.6 Å². The number of aliphatic hydroxyl groups excluding tert-OH is 1. The van der Waals surface area contributed by atoms with Crippen LogP contribution in [0.3, 0.4) is 0 Å². The molecule has 1 saturated carbocycles. The van der Waals surface area contributed by atoms with Gasteiger partial charge in [0, 0.05) is 48.8 Å². The monoisotopic (exact) mass is 683 g/mol. The van der Waals surface area contributed by atoms with Crippen LogP contribution in [0.2, 0.25) is 0 Å². The van der Waals surface area contributed by atoms with Crippen molar-refractivity contribution in [1.82, 2.24) is 4.90 Å². The molecule has 3 unspecified atom stereocenters. The maximum Gasteiger partial charge on any atom is 0.417 e. The molecule has 12 nitrogen and oxygen atoms in total. The highest BCUT2D eigenvalue weighted by Crippen LogP contribution is 2.61. The minimum atomic E-state index is -1.16. The molecule has 12 atom stereocenters. The Hall–Kier alpha value is -3.32. The molecule has 0 aromatic carbocycles. The maximum atomic E-state index is 13.6. The molecular weight excluding hydrogens is 634 g/mol. The zero-order valence-corrected chi connectivity index (χ0v) is 28.9. The summed E-state index contributed by atoms with van der Waals surface area (Å²) < 4.78 is 35.4. The lowest BCUT2D eigenvalue weighted by molar-refractivity contribution is -0.184. The van der Waals surface area contributed by atoms with Gasteiger partial charge in [-0.2, -0.15) is 0 Å². The molecule has 3 fully saturated rings. The molecule has 6 rings (SSSR count). The second-order valence-corrected chi connectivity index (χ2v) is 14.4. The number of allylic oxidation sites excluding steroid dienone is 3. The third-order valence-corrected chi connectivity index (χ3v) is 11.4. The number of hydrogen-bond acceptors (Lipinski definition) is 12. The predicted molar refractivity (Wildman–Crippen MR) is 175 cm³/mol. The average molecular weight is 684 g/mol. The van der Waals surface area contributed by atoms with Crippen molar-refractivity contribution >= 4 is 23.9 Å². The third kappa shape index (κ3) is 6.64. The molecule has 0 aromatic heterocycles. The number of aliphatic hydroxyl groups is 1. The van der Waals surface area contributed by atoms with Gasteiger partial charge in [-0.05, 0) is 58.2 Å². The van der Waals surface area contributed by atoms with Crippen LogP contribution in [-0.2, 0) is 47.6 Å². The summed E-state index contributed by atoms with van der Waals surface area (Å²) in [4.78, 5) is 54.2. The van der Waals surface area contributed by atoms with Crippen molar-refractivity contribution in [2.24, 2.45) is 29.6 Å². The molecule has 6 aliphatic rings. The van der Waals surface area contributed by atoms with E-state index < -0.39 is 77.9 Å². The van der Waals surface area contributed by atoms with Crippen LogP contribution in [0.5, 0.6) is 0 Å². The van der Waals surface area contributed by atoms with Gasteiger partial charge in [0.1, 0.15) is 36.6 Å². The molecule has 1 spiro atoms. The highest BCUT2D eigenvalue weighted by atomic mass is 16.6. The lowest BCUT2D eigenvalue weighted by Gasteiger charge is -2.49. The van der Waals surface area contributed by atoms with Crippen LogP contribution >= 0.6 is 0 Å². The number of rotatable bonds is 8. The Kier molecular flexibility index (Phi) is 10.5. The van der Waals surface area contributed by atoms with Gasteiger partial charge in [0.05, 0.1) is 6.10 Å². The Bertz CT molecular complexity index is 1430. The van der Waals surface area contributed by atoms with Crippen molar-refractivity contribution in [3.05, 3.63) is 47.6 Å². The number of ether oxygens (including phenoxy) is 6. The molecule has 49 heavy (non-hydrogen) atoms. The topological polar surface area (TPSA) is 147 Å². The van der Waals surface area contributed by atoms with Crippen LogP contribution < -0.4 is 0 Å². The summed E-state index contributed by atoms with van der Waals surface area (Å²) in [5.74, 6) is -5.25. The number of cyclic esters (lactones) is 1. The summed E-state index contributed by atoms with van der Waals surface area (Å²) >= 11 is 0. The quantitative estimate of drug-likeness (QED) is 0.174. The van der Waals surface area contributed by atoms with Gasteiger partial charge in [0.2, 0.25) is 0 Å². The number of nitrogens with zero attached hydrogens (tertiary/aromatic N) is 1. The van der Waals surface area contributed by atoms with E-state index in [4.69, 9.17) is 28.4 Å². The van der Waals surface area contributed by atoms with Crippen molar-refractivity contribution in [2.75, 3.05) is 33.4 Å². The van der Waals surface area contributed by atoms with E-state index in [1.165, 1.54) is 7.11 Å². The average Bonchev–Trinajstić information content (AvgIpc) is 3.84. The molecule has 0 aromatic rings. The fraction of sp³-hybridized carbons (Fsp3) is 0.676. The molecular formula is C37H49NO11. The van der Waals surface area contributed by atoms with E-state index >= 15 is 0 Å². The fourth-order valence-corrected chi connectivity index (χ4v) is 8.90. The fourth-order valence-electron chi connectivity index (χ4n) is 8.90. The first-order valence-electron chi connectivity index (χ1n) is 17.6. The minimum absolute atomic E-state index is 0.0784. The molecule has 1 N–H and O–H groups in total. The van der Waals surface area contributed by atoms with E-state index in [-0.39, 0.29) is 30.8 Å². The highest BCUT2D eigenvalue weighted by molar-refractivity contribution is 6.29. The zero-order chi connectivity index (χ0) is 35.0. The van der Waals surface area contributed by atoms with Gasteiger partial charge in [-0.15, -0.1) is 0 Å². The van der Waals surface area contributed by atoms with Gasteiger partial charge in [0.25, 0.3) is 0 Å². The van der Waals surface area contributed by atoms with Crippen molar-refractivity contribution in [3.63, 3.8) is 0 Å². The second-order valence-electron chi connectivity index (χ2n) is 14.4. The Morgan fingerprint density at radius 1 is 1.14 bits per heavy atom. The summed E-state index contributed by atoms with van der Waals surface area (Å²) in [7, 11) is 1.43. The molecule has 3 aliphatic heterocycles. The van der Waals surface area contributed by atoms with Crippen LogP contribution in [-0.4, -0.2) is 109 Å². The lowest BCUT2D eigenvalue weighted by Crippen LogP contribution is -2.57. The Morgan fingerprint density at radius 2 is 1.90 bits per heavy atom. The van der Waals surface area contributed by atoms with Gasteiger partial charge in [-0.1, -0.05) is 50.3 Å². The normalized spacial score (nSPS) is 40.0. The van der Waals surface area contributed by atoms with Crippen LogP contribution in [0.4, 0.5) is 0 Å². The van der Waals surface area contributed by atoms with Gasteiger partial charge < -0.3 is 33.5 Å².